The molecule has 0 amide bonds. The molecule has 1 aliphatic rings. The van der Waals surface area contributed by atoms with E-state index < -0.39 is 15.4 Å². The van der Waals surface area contributed by atoms with E-state index in [9.17, 15) is 13.2 Å². The van der Waals surface area contributed by atoms with E-state index in [1.54, 1.807) is 6.92 Å². The summed E-state index contributed by atoms with van der Waals surface area (Å²) in [5.74, 6) is 0.115. The van der Waals surface area contributed by atoms with Crippen LogP contribution < -0.4 is 0 Å². The number of sulfone groups is 1. The molecule has 0 spiro atoms. The van der Waals surface area contributed by atoms with Crippen LogP contribution in [0.5, 0.6) is 0 Å². The summed E-state index contributed by atoms with van der Waals surface area (Å²) in [6, 6.07) is 0. The summed E-state index contributed by atoms with van der Waals surface area (Å²) in [6.45, 7) is 1.66. The monoisotopic (exact) mass is 175 g/mol. The molecule has 62 valence electrons. The van der Waals surface area contributed by atoms with Gasteiger partial charge in [-0.05, 0) is 13.3 Å². The quantitative estimate of drug-likeness (QED) is 0.413. The topological polar surface area (TPSA) is 63.6 Å². The van der Waals surface area contributed by atoms with Crippen LogP contribution in [-0.2, 0) is 14.6 Å². The summed E-state index contributed by atoms with van der Waals surface area (Å²) in [5, 5.41) is 0. The van der Waals surface area contributed by atoms with Gasteiger partial charge in [-0.25, -0.2) is 13.2 Å². The molecular formula is C6H9NO3S. The van der Waals surface area contributed by atoms with Gasteiger partial charge in [-0.3, -0.25) is 0 Å². The third kappa shape index (κ3) is 1.88. The van der Waals surface area contributed by atoms with Crippen molar-refractivity contribution in [2.24, 2.45) is 4.99 Å². The van der Waals surface area contributed by atoms with Gasteiger partial charge in [0.2, 0.25) is 6.08 Å². The lowest BCUT2D eigenvalue weighted by molar-refractivity contribution is 0.511. The van der Waals surface area contributed by atoms with Gasteiger partial charge in [0.05, 0.1) is 17.0 Å². The maximum atomic E-state index is 10.9. The number of carbonyl (C=O) groups excluding carboxylic acids is 1. The van der Waals surface area contributed by atoms with Crippen molar-refractivity contribution in [2.75, 3.05) is 11.5 Å². The lowest BCUT2D eigenvalue weighted by Gasteiger charge is -2.11. The Kier molecular flexibility index (Phi) is 1.86. The van der Waals surface area contributed by atoms with Crippen molar-refractivity contribution in [3.8, 4) is 0 Å². The van der Waals surface area contributed by atoms with Crippen LogP contribution in [-0.4, -0.2) is 31.5 Å². The average Bonchev–Trinajstić information content (AvgIpc) is 2.07. The number of nitrogens with zero attached hydrogens (tertiary/aromatic N) is 1. The minimum Gasteiger partial charge on any atom is -0.229 e. The molecule has 1 heterocycles. The first-order valence-electron chi connectivity index (χ1n) is 3.27. The van der Waals surface area contributed by atoms with E-state index in [1.165, 1.54) is 6.08 Å². The number of hydrogen-bond donors (Lipinski definition) is 0. The highest BCUT2D eigenvalue weighted by Gasteiger charge is 2.38. The molecule has 1 rings (SSSR count). The zero-order valence-electron chi connectivity index (χ0n) is 6.20. The van der Waals surface area contributed by atoms with E-state index in [-0.39, 0.29) is 11.5 Å². The first-order valence-corrected chi connectivity index (χ1v) is 5.09. The molecule has 0 aromatic rings. The molecule has 5 heteroatoms. The van der Waals surface area contributed by atoms with Gasteiger partial charge in [0.25, 0.3) is 0 Å². The minimum atomic E-state index is -2.95. The first kappa shape index (κ1) is 8.43. The van der Waals surface area contributed by atoms with Gasteiger partial charge in [-0.2, -0.15) is 4.99 Å². The van der Waals surface area contributed by atoms with Gasteiger partial charge in [-0.1, -0.05) is 0 Å². The van der Waals surface area contributed by atoms with E-state index in [0.717, 1.165) is 0 Å². The van der Waals surface area contributed by atoms with E-state index in [1.807, 2.05) is 0 Å². The second-order valence-electron chi connectivity index (χ2n) is 3.04. The molecule has 0 bridgehead atoms. The average molecular weight is 175 g/mol. The number of aliphatic imine (C=N–C) groups is 1. The van der Waals surface area contributed by atoms with Gasteiger partial charge >= 0.3 is 0 Å². The molecule has 0 aromatic carbocycles. The molecule has 4 nitrogen and oxygen atoms in total. The van der Waals surface area contributed by atoms with E-state index >= 15 is 0 Å². The lowest BCUT2D eigenvalue weighted by atomic mass is 10.0. The van der Waals surface area contributed by atoms with E-state index in [2.05, 4.69) is 4.99 Å². The molecule has 0 aromatic heterocycles. The Morgan fingerprint density at radius 1 is 1.55 bits per heavy atom. The fraction of sp³-hybridized carbons (Fsp3) is 0.833. The second kappa shape index (κ2) is 2.43. The van der Waals surface area contributed by atoms with Crippen molar-refractivity contribution in [3.63, 3.8) is 0 Å². The van der Waals surface area contributed by atoms with Crippen molar-refractivity contribution in [1.82, 2.24) is 0 Å². The highest BCUT2D eigenvalue weighted by molar-refractivity contribution is 7.91. The van der Waals surface area contributed by atoms with Crippen molar-refractivity contribution in [3.05, 3.63) is 0 Å². The summed E-state index contributed by atoms with van der Waals surface area (Å²) in [6.07, 6.45) is 1.83. The van der Waals surface area contributed by atoms with Gasteiger partial charge in [-0.15, -0.1) is 0 Å². The van der Waals surface area contributed by atoms with Crippen LogP contribution in [0.25, 0.3) is 0 Å². The number of isocyanates is 1. The fourth-order valence-electron chi connectivity index (χ4n) is 1.19. The molecule has 0 N–H and O–H groups in total. The van der Waals surface area contributed by atoms with Crippen LogP contribution >= 0.6 is 0 Å². The SMILES string of the molecule is CC1(N=C=O)CCS(=O)(=O)C1. The number of rotatable bonds is 1. The van der Waals surface area contributed by atoms with E-state index in [0.29, 0.717) is 6.42 Å². The summed E-state index contributed by atoms with van der Waals surface area (Å²) >= 11 is 0. The van der Waals surface area contributed by atoms with Crippen molar-refractivity contribution >= 4 is 15.9 Å². The summed E-state index contributed by atoms with van der Waals surface area (Å²) in [5.41, 5.74) is -0.708. The number of hydrogen-bond acceptors (Lipinski definition) is 4. The van der Waals surface area contributed by atoms with Crippen LogP contribution in [0, 0.1) is 0 Å². The Balaban J connectivity index is 2.89. The zero-order valence-corrected chi connectivity index (χ0v) is 7.02. The smallest absolute Gasteiger partial charge is 0.229 e. The molecule has 1 unspecified atom stereocenters. The Hall–Kier alpha value is -0.670. The molecule has 1 atom stereocenters. The largest absolute Gasteiger partial charge is 0.235 e. The summed E-state index contributed by atoms with van der Waals surface area (Å²) in [7, 11) is -2.95. The Morgan fingerprint density at radius 2 is 2.18 bits per heavy atom. The second-order valence-corrected chi connectivity index (χ2v) is 5.23. The normalized spacial score (nSPS) is 34.6. The molecule has 0 aliphatic carbocycles. The molecule has 0 radical (unpaired) electrons. The minimum absolute atomic E-state index is 0.0186. The Bertz CT molecular complexity index is 302. The maximum Gasteiger partial charge on any atom is 0.235 e. The van der Waals surface area contributed by atoms with Crippen LogP contribution in [0.4, 0.5) is 0 Å². The first-order chi connectivity index (χ1) is 4.97. The predicted octanol–water partition coefficient (Wildman–Crippen LogP) is -0.101. The van der Waals surface area contributed by atoms with Crippen LogP contribution in [0.2, 0.25) is 0 Å². The molecule has 1 aliphatic heterocycles. The molecule has 0 saturated carbocycles. The molecule has 11 heavy (non-hydrogen) atoms. The highest BCUT2D eigenvalue weighted by Crippen LogP contribution is 2.25. The Labute approximate surface area is 65.2 Å². The molecular weight excluding hydrogens is 166 g/mol. The predicted molar refractivity (Wildman–Crippen MR) is 39.8 cm³/mol. The van der Waals surface area contributed by atoms with Crippen molar-refractivity contribution in [1.29, 1.82) is 0 Å². The van der Waals surface area contributed by atoms with Crippen LogP contribution in [0.15, 0.2) is 4.99 Å². The summed E-state index contributed by atoms with van der Waals surface area (Å²) < 4.78 is 21.9. The third-order valence-electron chi connectivity index (χ3n) is 1.80. The fourth-order valence-corrected chi connectivity index (χ4v) is 3.24. The van der Waals surface area contributed by atoms with Crippen LogP contribution in [0.3, 0.4) is 0 Å². The van der Waals surface area contributed by atoms with Crippen molar-refractivity contribution in [2.45, 2.75) is 18.9 Å². The van der Waals surface area contributed by atoms with Gasteiger partial charge in [0.1, 0.15) is 0 Å². The van der Waals surface area contributed by atoms with Gasteiger partial charge in [0, 0.05) is 0 Å². The zero-order chi connectivity index (χ0) is 8.54. The molecule has 1 saturated heterocycles. The highest BCUT2D eigenvalue weighted by atomic mass is 32.2. The van der Waals surface area contributed by atoms with Crippen molar-refractivity contribution < 1.29 is 13.2 Å². The maximum absolute atomic E-state index is 10.9. The van der Waals surface area contributed by atoms with E-state index in [4.69, 9.17) is 0 Å². The summed E-state index contributed by atoms with van der Waals surface area (Å²) in [4.78, 5) is 13.4. The van der Waals surface area contributed by atoms with Crippen LogP contribution in [0.1, 0.15) is 13.3 Å². The molecule has 1 fully saturated rings. The Morgan fingerprint density at radius 3 is 2.55 bits per heavy atom. The van der Waals surface area contributed by atoms with Gasteiger partial charge in [0.15, 0.2) is 9.84 Å². The third-order valence-corrected chi connectivity index (χ3v) is 3.69. The lowest BCUT2D eigenvalue weighted by Crippen LogP contribution is -2.22. The standard InChI is InChI=1S/C6H9NO3S/c1-6(7-5-8)2-3-11(9,10)4-6/h2-4H2,1H3. The van der Waals surface area contributed by atoms with Gasteiger partial charge < -0.3 is 0 Å².